The first-order chi connectivity index (χ1) is 13.7. The van der Waals surface area contributed by atoms with Crippen LogP contribution in [0.15, 0.2) is 23.8 Å². The van der Waals surface area contributed by atoms with Crippen LogP contribution < -0.4 is 0 Å². The molecule has 0 heterocycles. The molecule has 7 atom stereocenters. The summed E-state index contributed by atoms with van der Waals surface area (Å²) in [5.41, 5.74) is -0.0297. The van der Waals surface area contributed by atoms with Crippen LogP contribution in [0, 0.1) is 34.5 Å². The van der Waals surface area contributed by atoms with Gasteiger partial charge in [-0.25, -0.2) is 0 Å². The second-order valence-corrected chi connectivity index (χ2v) is 10.2. The molecule has 0 aromatic heterocycles. The molecule has 0 saturated heterocycles. The molecule has 0 amide bonds. The second-order valence-electron chi connectivity index (χ2n) is 10.2. The molecule has 4 nitrogen and oxygen atoms in total. The van der Waals surface area contributed by atoms with Crippen LogP contribution in [0.2, 0.25) is 0 Å². The number of aldehydes is 1. The van der Waals surface area contributed by atoms with Crippen LogP contribution >= 0.6 is 0 Å². The van der Waals surface area contributed by atoms with Crippen LogP contribution in [0.25, 0.3) is 0 Å². The molecule has 3 saturated carbocycles. The minimum atomic E-state index is -0.542. The van der Waals surface area contributed by atoms with Gasteiger partial charge in [-0.2, -0.15) is 0 Å². The molecule has 4 aliphatic rings. The number of ketones is 1. The summed E-state index contributed by atoms with van der Waals surface area (Å²) in [5.74, 6) is 1.36. The van der Waals surface area contributed by atoms with Gasteiger partial charge in [0.05, 0.1) is 5.41 Å². The molecular formula is C25H34O4. The van der Waals surface area contributed by atoms with Gasteiger partial charge in [0, 0.05) is 18.8 Å². The third kappa shape index (κ3) is 2.74. The van der Waals surface area contributed by atoms with Crippen LogP contribution in [-0.2, 0) is 19.1 Å². The predicted molar refractivity (Wildman–Crippen MR) is 111 cm³/mol. The van der Waals surface area contributed by atoms with Gasteiger partial charge in [-0.3, -0.25) is 9.59 Å². The first-order valence-electron chi connectivity index (χ1n) is 11.3. The average molecular weight is 399 g/mol. The van der Waals surface area contributed by atoms with Crippen molar-refractivity contribution in [1.29, 1.82) is 0 Å². The van der Waals surface area contributed by atoms with Crippen molar-refractivity contribution in [1.82, 2.24) is 0 Å². The standard InChI is InChI=1S/C25H34O4/c1-5-9-25(29-17(3)27)12-8-20-19-13-16(2)22-14-18(28)6-11-24(22,15-26)21(19)7-10-23(20,25)4/h5,9,14-16,19-21H,6-8,10-13H2,1-4H3/t16?,19-,20-,21+,23-,24-,25?/m0/s1. The minimum absolute atomic E-state index is 0.109. The Morgan fingerprint density at radius 1 is 1.21 bits per heavy atom. The van der Waals surface area contributed by atoms with E-state index >= 15 is 0 Å². The van der Waals surface area contributed by atoms with Crippen LogP contribution in [0.1, 0.15) is 72.6 Å². The second kappa shape index (κ2) is 6.92. The smallest absolute Gasteiger partial charge is 0.303 e. The zero-order valence-electron chi connectivity index (χ0n) is 18.2. The third-order valence-corrected chi connectivity index (χ3v) is 9.05. The first kappa shape index (κ1) is 20.6. The molecule has 3 fully saturated rings. The number of esters is 1. The maximum absolute atomic E-state index is 12.5. The van der Waals surface area contributed by atoms with Gasteiger partial charge < -0.3 is 9.53 Å². The van der Waals surface area contributed by atoms with Gasteiger partial charge in [0.15, 0.2) is 5.78 Å². The van der Waals surface area contributed by atoms with Gasteiger partial charge in [-0.05, 0) is 81.3 Å². The number of hydrogen-bond donors (Lipinski definition) is 0. The fraction of sp³-hybridized carbons (Fsp3) is 0.720. The quantitative estimate of drug-likeness (QED) is 0.388. The van der Waals surface area contributed by atoms with E-state index in [1.165, 1.54) is 13.2 Å². The lowest BCUT2D eigenvalue weighted by Crippen LogP contribution is -2.57. The van der Waals surface area contributed by atoms with Crippen LogP contribution in [-0.4, -0.2) is 23.6 Å². The number of ether oxygens (including phenoxy) is 1. The zero-order valence-corrected chi connectivity index (χ0v) is 18.2. The SMILES string of the molecule is CC=CC1(OC(C)=O)CC[C@H]2[C@@H]3CC(C)C4=CC(=O)CC[C@]4(C=O)[C@@H]3CC[C@@]21C. The van der Waals surface area contributed by atoms with E-state index in [1.54, 1.807) is 6.08 Å². The summed E-state index contributed by atoms with van der Waals surface area (Å²) in [4.78, 5) is 36.7. The Labute approximate surface area is 174 Å². The first-order valence-corrected chi connectivity index (χ1v) is 11.3. The molecule has 0 radical (unpaired) electrons. The molecule has 0 aliphatic heterocycles. The molecule has 0 bridgehead atoms. The number of carbonyl (C=O) groups is 3. The van der Waals surface area contributed by atoms with E-state index in [9.17, 15) is 14.4 Å². The Bertz CT molecular complexity index is 795. The predicted octanol–water partition coefficient (Wildman–Crippen LogP) is 4.82. The number of carbonyl (C=O) groups excluding carboxylic acids is 3. The van der Waals surface area contributed by atoms with E-state index in [2.05, 4.69) is 19.9 Å². The Balaban J connectivity index is 1.75. The fourth-order valence-electron chi connectivity index (χ4n) is 7.89. The Morgan fingerprint density at radius 3 is 2.59 bits per heavy atom. The van der Waals surface area contributed by atoms with Crippen LogP contribution in [0.4, 0.5) is 0 Å². The minimum Gasteiger partial charge on any atom is -0.454 e. The van der Waals surface area contributed by atoms with E-state index in [0.717, 1.165) is 37.7 Å². The maximum Gasteiger partial charge on any atom is 0.303 e. The van der Waals surface area contributed by atoms with Gasteiger partial charge in [0.25, 0.3) is 0 Å². The van der Waals surface area contributed by atoms with Crippen LogP contribution in [0.3, 0.4) is 0 Å². The summed E-state index contributed by atoms with van der Waals surface area (Å²) in [6.07, 6.45) is 13.1. The van der Waals surface area contributed by atoms with Crippen molar-refractivity contribution in [2.24, 2.45) is 34.5 Å². The summed E-state index contributed by atoms with van der Waals surface area (Å²) >= 11 is 0. The van der Waals surface area contributed by atoms with Gasteiger partial charge >= 0.3 is 5.97 Å². The molecule has 4 rings (SSSR count). The normalized spacial score (nSPS) is 46.5. The lowest BCUT2D eigenvalue weighted by molar-refractivity contribution is -0.172. The topological polar surface area (TPSA) is 60.4 Å². The molecule has 29 heavy (non-hydrogen) atoms. The zero-order chi connectivity index (χ0) is 21.0. The van der Waals surface area contributed by atoms with Gasteiger partial charge in [0.1, 0.15) is 11.9 Å². The monoisotopic (exact) mass is 398 g/mol. The Morgan fingerprint density at radius 2 is 1.93 bits per heavy atom. The molecule has 0 N–H and O–H groups in total. The molecular weight excluding hydrogens is 364 g/mol. The van der Waals surface area contributed by atoms with E-state index in [4.69, 9.17) is 4.74 Å². The van der Waals surface area contributed by atoms with Crippen molar-refractivity contribution in [2.45, 2.75) is 78.2 Å². The molecule has 0 spiro atoms. The maximum atomic E-state index is 12.5. The summed E-state index contributed by atoms with van der Waals surface area (Å²) in [5, 5.41) is 0. The molecule has 0 aromatic rings. The van der Waals surface area contributed by atoms with E-state index in [0.29, 0.717) is 30.6 Å². The largest absolute Gasteiger partial charge is 0.454 e. The van der Waals surface area contributed by atoms with Crippen molar-refractivity contribution in [3.05, 3.63) is 23.8 Å². The van der Waals surface area contributed by atoms with Crippen LogP contribution in [0.5, 0.6) is 0 Å². The Kier molecular flexibility index (Phi) is 4.91. The van der Waals surface area contributed by atoms with E-state index in [-0.39, 0.29) is 23.1 Å². The van der Waals surface area contributed by atoms with Gasteiger partial charge in [-0.15, -0.1) is 0 Å². The van der Waals surface area contributed by atoms with Crippen molar-refractivity contribution in [3.8, 4) is 0 Å². The summed E-state index contributed by atoms with van der Waals surface area (Å²) in [6.45, 7) is 7.99. The lowest BCUT2D eigenvalue weighted by atomic mass is 9.44. The molecule has 2 unspecified atom stereocenters. The number of allylic oxidation sites excluding steroid dienone is 2. The molecule has 0 aromatic carbocycles. The van der Waals surface area contributed by atoms with Gasteiger partial charge in [-0.1, -0.05) is 25.5 Å². The van der Waals surface area contributed by atoms with E-state index < -0.39 is 11.0 Å². The summed E-state index contributed by atoms with van der Waals surface area (Å²) in [6, 6.07) is 0. The van der Waals surface area contributed by atoms with E-state index in [1.807, 2.05) is 13.0 Å². The molecule has 4 aliphatic carbocycles. The van der Waals surface area contributed by atoms with Crippen molar-refractivity contribution >= 4 is 18.0 Å². The summed E-state index contributed by atoms with van der Waals surface area (Å²) < 4.78 is 6.04. The fourth-order valence-corrected chi connectivity index (χ4v) is 7.89. The Hall–Kier alpha value is -1.71. The summed E-state index contributed by atoms with van der Waals surface area (Å²) in [7, 11) is 0. The lowest BCUT2D eigenvalue weighted by Gasteiger charge is -2.59. The highest BCUT2D eigenvalue weighted by Crippen LogP contribution is 2.68. The number of rotatable bonds is 3. The highest BCUT2D eigenvalue weighted by Gasteiger charge is 2.66. The third-order valence-electron chi connectivity index (χ3n) is 9.05. The highest BCUT2D eigenvalue weighted by atomic mass is 16.6. The number of fused-ring (bicyclic) bond motifs is 5. The average Bonchev–Trinajstić information content (AvgIpc) is 2.94. The molecule has 4 heteroatoms. The van der Waals surface area contributed by atoms with Crippen molar-refractivity contribution in [2.75, 3.05) is 0 Å². The number of hydrogen-bond acceptors (Lipinski definition) is 4. The van der Waals surface area contributed by atoms with Gasteiger partial charge in [0.2, 0.25) is 0 Å². The van der Waals surface area contributed by atoms with Crippen molar-refractivity contribution in [3.63, 3.8) is 0 Å². The highest BCUT2D eigenvalue weighted by molar-refractivity contribution is 5.93. The molecule has 158 valence electrons. The van der Waals surface area contributed by atoms with Crippen molar-refractivity contribution < 1.29 is 19.1 Å².